The quantitative estimate of drug-likeness (QED) is 0.575. The summed E-state index contributed by atoms with van der Waals surface area (Å²) >= 11 is 0. The van der Waals surface area contributed by atoms with Gasteiger partial charge in [0.25, 0.3) is 0 Å². The Balaban J connectivity index is 2.74. The second kappa shape index (κ2) is 5.87. The molecule has 0 N–H and O–H groups in total. The van der Waals surface area contributed by atoms with Gasteiger partial charge in [0.2, 0.25) is 6.29 Å². The van der Waals surface area contributed by atoms with Crippen LogP contribution in [0.1, 0.15) is 34.6 Å². The summed E-state index contributed by atoms with van der Waals surface area (Å²) in [4.78, 5) is 0. The van der Waals surface area contributed by atoms with Gasteiger partial charge in [-0.2, -0.15) is 0 Å². The minimum absolute atomic E-state index is 0.231. The van der Waals surface area contributed by atoms with Gasteiger partial charge in [-0.1, -0.05) is 23.8 Å². The number of benzene rings is 1. The fourth-order valence-corrected chi connectivity index (χ4v) is 1.35. The highest BCUT2D eigenvalue weighted by molar-refractivity contribution is 5.21. The van der Waals surface area contributed by atoms with Crippen molar-refractivity contribution >= 4 is 0 Å². The molecule has 0 aliphatic carbocycles. The third kappa shape index (κ3) is 6.12. The minimum Gasteiger partial charge on any atom is -0.461 e. The van der Waals surface area contributed by atoms with E-state index in [1.807, 2.05) is 71.0 Å². The Morgan fingerprint density at radius 3 is 2.18 bits per heavy atom. The third-order valence-electron chi connectivity index (χ3n) is 1.93. The van der Waals surface area contributed by atoms with Crippen LogP contribution in [-0.2, 0) is 4.74 Å². The molecule has 0 saturated carbocycles. The number of rotatable bonds is 4. The van der Waals surface area contributed by atoms with Crippen molar-refractivity contribution in [1.82, 2.24) is 0 Å². The molecule has 1 atom stereocenters. The van der Waals surface area contributed by atoms with Crippen LogP contribution in [0.3, 0.4) is 0 Å². The van der Waals surface area contributed by atoms with Gasteiger partial charge in [-0.3, -0.25) is 0 Å². The standard InChI is InChI=1S/C15H22O2/c1-12(2)11-14(17-15(3,4)5)16-13-9-7-6-8-10-13/h6-11,14H,1-5H3. The monoisotopic (exact) mass is 234 g/mol. The van der Waals surface area contributed by atoms with Crippen LogP contribution < -0.4 is 4.74 Å². The molecule has 0 heterocycles. The summed E-state index contributed by atoms with van der Waals surface area (Å²) in [5.41, 5.74) is 0.945. The molecule has 0 aromatic heterocycles. The van der Waals surface area contributed by atoms with E-state index < -0.39 is 0 Å². The molecule has 94 valence electrons. The average molecular weight is 234 g/mol. The molecular formula is C15H22O2. The summed E-state index contributed by atoms with van der Waals surface area (Å²) in [6.07, 6.45) is 1.64. The van der Waals surface area contributed by atoms with E-state index in [1.54, 1.807) is 0 Å². The lowest BCUT2D eigenvalue weighted by Crippen LogP contribution is -2.30. The topological polar surface area (TPSA) is 18.5 Å². The molecule has 0 aliphatic heterocycles. The van der Waals surface area contributed by atoms with Gasteiger partial charge in [-0.25, -0.2) is 0 Å². The maximum absolute atomic E-state index is 5.85. The third-order valence-corrected chi connectivity index (χ3v) is 1.93. The summed E-state index contributed by atoms with van der Waals surface area (Å²) in [6, 6.07) is 9.72. The van der Waals surface area contributed by atoms with Crippen molar-refractivity contribution < 1.29 is 9.47 Å². The van der Waals surface area contributed by atoms with Crippen LogP contribution in [0, 0.1) is 0 Å². The van der Waals surface area contributed by atoms with Gasteiger partial charge < -0.3 is 9.47 Å². The van der Waals surface area contributed by atoms with Gasteiger partial charge in [-0.15, -0.1) is 0 Å². The number of allylic oxidation sites excluding steroid dienone is 1. The zero-order valence-corrected chi connectivity index (χ0v) is 11.4. The Kier molecular flexibility index (Phi) is 4.76. The van der Waals surface area contributed by atoms with Crippen molar-refractivity contribution in [2.45, 2.75) is 46.5 Å². The number of ether oxygens (including phenoxy) is 2. The molecule has 0 spiro atoms. The predicted octanol–water partition coefficient (Wildman–Crippen LogP) is 4.17. The van der Waals surface area contributed by atoms with Crippen LogP contribution in [0.2, 0.25) is 0 Å². The number of para-hydroxylation sites is 1. The largest absolute Gasteiger partial charge is 0.461 e. The molecule has 1 aromatic carbocycles. The van der Waals surface area contributed by atoms with E-state index in [1.165, 1.54) is 5.57 Å². The van der Waals surface area contributed by atoms with E-state index in [2.05, 4.69) is 0 Å². The van der Waals surface area contributed by atoms with E-state index in [4.69, 9.17) is 9.47 Å². The van der Waals surface area contributed by atoms with Crippen LogP contribution in [-0.4, -0.2) is 11.9 Å². The molecule has 17 heavy (non-hydrogen) atoms. The lowest BCUT2D eigenvalue weighted by atomic mass is 10.2. The van der Waals surface area contributed by atoms with Crippen LogP contribution >= 0.6 is 0 Å². The van der Waals surface area contributed by atoms with Crippen molar-refractivity contribution in [2.75, 3.05) is 0 Å². The lowest BCUT2D eigenvalue weighted by Gasteiger charge is -2.26. The maximum Gasteiger partial charge on any atom is 0.220 e. The molecular weight excluding hydrogens is 212 g/mol. The molecule has 2 heteroatoms. The second-order valence-corrected chi connectivity index (χ2v) is 5.27. The Labute approximate surface area is 104 Å². The van der Waals surface area contributed by atoms with Gasteiger partial charge in [0.05, 0.1) is 5.60 Å². The number of hydrogen-bond donors (Lipinski definition) is 0. The van der Waals surface area contributed by atoms with Gasteiger partial charge in [0.1, 0.15) is 5.75 Å². The first-order chi connectivity index (χ1) is 7.87. The Morgan fingerprint density at radius 2 is 1.71 bits per heavy atom. The maximum atomic E-state index is 5.85. The van der Waals surface area contributed by atoms with Crippen molar-refractivity contribution in [3.8, 4) is 5.75 Å². The summed E-state index contributed by atoms with van der Waals surface area (Å²) < 4.78 is 11.7. The Hall–Kier alpha value is -1.28. The fourth-order valence-electron chi connectivity index (χ4n) is 1.35. The average Bonchev–Trinajstić information content (AvgIpc) is 2.15. The van der Waals surface area contributed by atoms with Crippen molar-refractivity contribution in [2.24, 2.45) is 0 Å². The summed E-state index contributed by atoms with van der Waals surface area (Å²) in [6.45, 7) is 10.1. The molecule has 2 nitrogen and oxygen atoms in total. The zero-order chi connectivity index (χ0) is 12.9. The zero-order valence-electron chi connectivity index (χ0n) is 11.4. The highest BCUT2D eigenvalue weighted by Crippen LogP contribution is 2.18. The lowest BCUT2D eigenvalue weighted by molar-refractivity contribution is -0.124. The molecule has 0 bridgehead atoms. The van der Waals surface area contributed by atoms with Crippen LogP contribution in [0.5, 0.6) is 5.75 Å². The van der Waals surface area contributed by atoms with E-state index in [-0.39, 0.29) is 11.9 Å². The van der Waals surface area contributed by atoms with Crippen LogP contribution in [0.25, 0.3) is 0 Å². The molecule has 0 amide bonds. The molecule has 0 radical (unpaired) electrons. The molecule has 0 fully saturated rings. The highest BCUT2D eigenvalue weighted by atomic mass is 16.7. The van der Waals surface area contributed by atoms with Gasteiger partial charge in [0, 0.05) is 0 Å². The normalized spacial score (nSPS) is 13.0. The molecule has 0 saturated heterocycles. The second-order valence-electron chi connectivity index (χ2n) is 5.27. The van der Waals surface area contributed by atoms with Gasteiger partial charge >= 0.3 is 0 Å². The minimum atomic E-state index is -0.345. The molecule has 0 aliphatic rings. The first-order valence-electron chi connectivity index (χ1n) is 5.91. The summed E-state index contributed by atoms with van der Waals surface area (Å²) in [5, 5.41) is 0. The van der Waals surface area contributed by atoms with E-state index >= 15 is 0 Å². The first-order valence-corrected chi connectivity index (χ1v) is 5.91. The summed E-state index contributed by atoms with van der Waals surface area (Å²) in [7, 11) is 0. The van der Waals surface area contributed by atoms with E-state index in [9.17, 15) is 0 Å². The fraction of sp³-hybridized carbons (Fsp3) is 0.467. The Morgan fingerprint density at radius 1 is 1.12 bits per heavy atom. The Bertz CT molecular complexity index is 356. The first kappa shape index (κ1) is 13.8. The van der Waals surface area contributed by atoms with E-state index in [0.717, 1.165) is 5.75 Å². The van der Waals surface area contributed by atoms with Gasteiger partial charge in [0.15, 0.2) is 0 Å². The van der Waals surface area contributed by atoms with Crippen LogP contribution in [0.4, 0.5) is 0 Å². The summed E-state index contributed by atoms with van der Waals surface area (Å²) in [5.74, 6) is 0.819. The molecule has 1 unspecified atom stereocenters. The predicted molar refractivity (Wildman–Crippen MR) is 71.1 cm³/mol. The SMILES string of the molecule is CC(C)=CC(Oc1ccccc1)OC(C)(C)C. The molecule has 1 rings (SSSR count). The van der Waals surface area contributed by atoms with Gasteiger partial charge in [-0.05, 0) is 52.8 Å². The van der Waals surface area contributed by atoms with Crippen molar-refractivity contribution in [3.05, 3.63) is 42.0 Å². The molecule has 1 aromatic rings. The van der Waals surface area contributed by atoms with E-state index in [0.29, 0.717) is 0 Å². The smallest absolute Gasteiger partial charge is 0.220 e. The van der Waals surface area contributed by atoms with Crippen LogP contribution in [0.15, 0.2) is 42.0 Å². The van der Waals surface area contributed by atoms with Crippen molar-refractivity contribution in [3.63, 3.8) is 0 Å². The number of hydrogen-bond acceptors (Lipinski definition) is 2. The van der Waals surface area contributed by atoms with Crippen molar-refractivity contribution in [1.29, 1.82) is 0 Å². The highest BCUT2D eigenvalue weighted by Gasteiger charge is 2.18.